The van der Waals surface area contributed by atoms with Crippen LogP contribution >= 0.6 is 0 Å². The Morgan fingerprint density at radius 2 is 1.38 bits per heavy atom. The minimum absolute atomic E-state index is 0.229. The molecule has 0 saturated carbocycles. The third kappa shape index (κ3) is 4.49. The lowest BCUT2D eigenvalue weighted by Gasteiger charge is -2.33. The van der Waals surface area contributed by atoms with Crippen molar-refractivity contribution in [3.63, 3.8) is 0 Å². The van der Waals surface area contributed by atoms with Crippen LogP contribution in [-0.4, -0.2) is 12.5 Å². The average molecular weight is 182 g/mol. The maximum absolute atomic E-state index is 4.82. The molecule has 0 N–H and O–H groups in total. The van der Waals surface area contributed by atoms with E-state index in [2.05, 4.69) is 47.8 Å². The molecule has 0 aromatic carbocycles. The van der Waals surface area contributed by atoms with Gasteiger partial charge >= 0.3 is 0 Å². The molecule has 1 nitrogen and oxygen atoms in total. The zero-order valence-electron chi connectivity index (χ0n) is 10.2. The van der Waals surface area contributed by atoms with Crippen LogP contribution in [0, 0.1) is 5.41 Å². The lowest BCUT2D eigenvalue weighted by atomic mass is 9.31. The fourth-order valence-corrected chi connectivity index (χ4v) is 1.56. The Balaban J connectivity index is 4.51. The molecule has 0 bridgehead atoms. The fourth-order valence-electron chi connectivity index (χ4n) is 1.56. The molecule has 0 aliphatic rings. The molecule has 0 unspecified atom stereocenters. The van der Waals surface area contributed by atoms with Crippen molar-refractivity contribution in [1.29, 1.82) is 0 Å². The van der Waals surface area contributed by atoms with Crippen molar-refractivity contribution in [3.8, 4) is 0 Å². The highest BCUT2D eigenvalue weighted by Gasteiger charge is 2.17. The quantitative estimate of drug-likeness (QED) is 0.458. The third-order valence-electron chi connectivity index (χ3n) is 3.06. The molecule has 0 amide bonds. The van der Waals surface area contributed by atoms with E-state index in [9.17, 15) is 0 Å². The Labute approximate surface area is 84.0 Å². The van der Waals surface area contributed by atoms with E-state index < -0.39 is 6.28 Å². The van der Waals surface area contributed by atoms with Gasteiger partial charge in [0.05, 0.1) is 0 Å². The summed E-state index contributed by atoms with van der Waals surface area (Å²) in [6, 6.07) is 0. The van der Waals surface area contributed by atoms with Gasteiger partial charge in [-0.2, -0.15) is 19.0 Å². The molecule has 0 aliphatic carbocycles. The third-order valence-corrected chi connectivity index (χ3v) is 3.06. The topological polar surface area (TPSA) is 12.4 Å². The maximum atomic E-state index is 4.82. The van der Waals surface area contributed by atoms with Crippen molar-refractivity contribution in [2.24, 2.45) is 10.3 Å². The van der Waals surface area contributed by atoms with Gasteiger partial charge in [0.1, 0.15) is 6.28 Å². The van der Waals surface area contributed by atoms with E-state index in [-0.39, 0.29) is 5.41 Å². The van der Waals surface area contributed by atoms with Crippen molar-refractivity contribution in [1.82, 2.24) is 0 Å². The van der Waals surface area contributed by atoms with E-state index in [0.717, 1.165) is 0 Å². The predicted octanol–water partition coefficient (Wildman–Crippen LogP) is 4.11. The standard InChI is InChI=1S/C11H25BN/c1-7-12(8-2,9-3)13-10-11(4,5)6/h10H,7-9H2,1-6H3/q-1. The fraction of sp³-hybridized carbons (Fsp3) is 0.909. The summed E-state index contributed by atoms with van der Waals surface area (Å²) in [5.74, 6) is 0. The lowest BCUT2D eigenvalue weighted by Crippen LogP contribution is -2.30. The van der Waals surface area contributed by atoms with Crippen molar-refractivity contribution in [2.45, 2.75) is 60.5 Å². The predicted molar refractivity (Wildman–Crippen MR) is 65.1 cm³/mol. The molecule has 0 saturated heterocycles. The Morgan fingerprint density at radius 3 is 1.62 bits per heavy atom. The van der Waals surface area contributed by atoms with Gasteiger partial charge in [0.25, 0.3) is 0 Å². The van der Waals surface area contributed by atoms with Crippen LogP contribution in [0.5, 0.6) is 0 Å². The number of hydrogen-bond acceptors (Lipinski definition) is 1. The van der Waals surface area contributed by atoms with E-state index >= 15 is 0 Å². The zero-order valence-corrected chi connectivity index (χ0v) is 10.2. The number of nitrogens with zero attached hydrogens (tertiary/aromatic N) is 1. The van der Waals surface area contributed by atoms with Crippen LogP contribution in [0.3, 0.4) is 0 Å². The second-order valence-corrected chi connectivity index (χ2v) is 5.28. The van der Waals surface area contributed by atoms with Gasteiger partial charge in [-0.05, 0) is 11.6 Å². The van der Waals surface area contributed by atoms with E-state index in [1.54, 1.807) is 0 Å². The summed E-state index contributed by atoms with van der Waals surface area (Å²) in [6.45, 7) is 13.4. The van der Waals surface area contributed by atoms with Gasteiger partial charge in [-0.1, -0.05) is 41.5 Å². The molecule has 0 atom stereocenters. The Bertz CT molecular complexity index is 155. The molecule has 0 rings (SSSR count). The number of rotatable bonds is 4. The molecular weight excluding hydrogens is 157 g/mol. The smallest absolute Gasteiger partial charge is 0.104 e. The molecule has 0 fully saturated rings. The summed E-state index contributed by atoms with van der Waals surface area (Å²) >= 11 is 0. The average Bonchev–Trinajstić information content (AvgIpc) is 2.06. The first kappa shape index (κ1) is 12.7. The molecule has 13 heavy (non-hydrogen) atoms. The second-order valence-electron chi connectivity index (χ2n) is 5.28. The van der Waals surface area contributed by atoms with Crippen molar-refractivity contribution in [3.05, 3.63) is 0 Å². The highest BCUT2D eigenvalue weighted by atomic mass is 14.7. The van der Waals surface area contributed by atoms with Crippen LogP contribution in [0.15, 0.2) is 4.90 Å². The van der Waals surface area contributed by atoms with Gasteiger partial charge in [-0.25, -0.2) is 0 Å². The summed E-state index contributed by atoms with van der Waals surface area (Å²) in [5, 5.41) is 0. The molecule has 2 heteroatoms. The minimum Gasteiger partial charge on any atom is -0.507 e. The Morgan fingerprint density at radius 1 is 1.00 bits per heavy atom. The van der Waals surface area contributed by atoms with Crippen LogP contribution < -0.4 is 0 Å². The zero-order chi connectivity index (χ0) is 10.5. The van der Waals surface area contributed by atoms with Crippen molar-refractivity contribution in [2.75, 3.05) is 0 Å². The molecular formula is C11H25BN-. The summed E-state index contributed by atoms with van der Waals surface area (Å²) in [5.41, 5.74) is 0.229. The van der Waals surface area contributed by atoms with E-state index in [0.29, 0.717) is 0 Å². The second kappa shape index (κ2) is 4.83. The van der Waals surface area contributed by atoms with Crippen LogP contribution in [-0.2, 0) is 0 Å². The van der Waals surface area contributed by atoms with E-state index in [1.807, 2.05) is 0 Å². The van der Waals surface area contributed by atoms with E-state index in [4.69, 9.17) is 4.90 Å². The molecule has 0 aromatic rings. The minimum atomic E-state index is -0.455. The van der Waals surface area contributed by atoms with Crippen LogP contribution in [0.4, 0.5) is 0 Å². The lowest BCUT2D eigenvalue weighted by molar-refractivity contribution is 0.607. The van der Waals surface area contributed by atoms with Gasteiger partial charge in [-0.15, -0.1) is 0 Å². The van der Waals surface area contributed by atoms with Crippen molar-refractivity contribution >= 4 is 12.5 Å². The first-order chi connectivity index (χ1) is 5.89. The molecule has 0 aliphatic heterocycles. The summed E-state index contributed by atoms with van der Waals surface area (Å²) < 4.78 is 0. The van der Waals surface area contributed by atoms with Crippen LogP contribution in [0.1, 0.15) is 41.5 Å². The van der Waals surface area contributed by atoms with Crippen LogP contribution in [0.25, 0.3) is 0 Å². The van der Waals surface area contributed by atoms with Gasteiger partial charge < -0.3 is 4.90 Å². The van der Waals surface area contributed by atoms with Gasteiger partial charge in [0.15, 0.2) is 0 Å². The summed E-state index contributed by atoms with van der Waals surface area (Å²) in [4.78, 5) is 4.82. The molecule has 0 spiro atoms. The summed E-state index contributed by atoms with van der Waals surface area (Å²) in [7, 11) is 0. The van der Waals surface area contributed by atoms with Gasteiger partial charge in [-0.3, -0.25) is 0 Å². The highest BCUT2D eigenvalue weighted by molar-refractivity contribution is 6.78. The van der Waals surface area contributed by atoms with Gasteiger partial charge in [0, 0.05) is 0 Å². The Kier molecular flexibility index (Phi) is 4.73. The first-order valence-corrected chi connectivity index (χ1v) is 5.65. The highest BCUT2D eigenvalue weighted by Crippen LogP contribution is 2.22. The van der Waals surface area contributed by atoms with Gasteiger partial charge in [0.2, 0.25) is 0 Å². The molecule has 0 radical (unpaired) electrons. The monoisotopic (exact) mass is 182 g/mol. The van der Waals surface area contributed by atoms with Crippen LogP contribution in [0.2, 0.25) is 19.0 Å². The first-order valence-electron chi connectivity index (χ1n) is 5.65. The van der Waals surface area contributed by atoms with E-state index in [1.165, 1.54) is 19.0 Å². The molecule has 78 valence electrons. The maximum Gasteiger partial charge on any atom is 0.104 e. The Hall–Kier alpha value is -0.265. The number of hydrogen-bond donors (Lipinski definition) is 0. The molecule has 0 aromatic heterocycles. The molecule has 0 heterocycles. The SMILES string of the molecule is CC[B-](CC)(CC)N=CC(C)(C)C. The van der Waals surface area contributed by atoms with Crippen molar-refractivity contribution < 1.29 is 0 Å². The largest absolute Gasteiger partial charge is 0.507 e. The summed E-state index contributed by atoms with van der Waals surface area (Å²) in [6.07, 6.45) is 5.31. The normalized spacial score (nSPS) is 14.0.